The van der Waals surface area contributed by atoms with Crippen molar-refractivity contribution in [2.24, 2.45) is 0 Å². The maximum absolute atomic E-state index is 13.0. The third-order valence-electron chi connectivity index (χ3n) is 6.04. The van der Waals surface area contributed by atoms with Crippen LogP contribution in [0.3, 0.4) is 0 Å². The van der Waals surface area contributed by atoms with E-state index in [1.165, 1.54) is 6.07 Å². The standard InChI is InChI=1S/C25H26N4O5/c1-14-23(15(2)28-27-14)34-24-20(32)12-18(30)22-19(31)13-21(33-25(22)24)16-4-6-17(7-5-16)29-10-3-8-26-9-11-29/h4-7,12-13,26,30,32H,3,8-11H2,1-2H3,(H,27,28). The quantitative estimate of drug-likeness (QED) is 0.361. The molecule has 9 heteroatoms. The summed E-state index contributed by atoms with van der Waals surface area (Å²) in [5.74, 6) is -0.0851. The zero-order chi connectivity index (χ0) is 23.8. The predicted octanol–water partition coefficient (Wildman–Crippen LogP) is 3.80. The van der Waals surface area contributed by atoms with Gasteiger partial charge in [0.2, 0.25) is 5.75 Å². The van der Waals surface area contributed by atoms with Crippen molar-refractivity contribution < 1.29 is 19.4 Å². The van der Waals surface area contributed by atoms with E-state index in [0.29, 0.717) is 28.5 Å². The maximum Gasteiger partial charge on any atom is 0.212 e. The van der Waals surface area contributed by atoms with Gasteiger partial charge in [-0.15, -0.1) is 0 Å². The van der Waals surface area contributed by atoms with E-state index in [2.05, 4.69) is 20.4 Å². The summed E-state index contributed by atoms with van der Waals surface area (Å²) in [6, 6.07) is 10.2. The summed E-state index contributed by atoms with van der Waals surface area (Å²) in [4.78, 5) is 15.3. The summed E-state index contributed by atoms with van der Waals surface area (Å²) in [5.41, 5.74) is 2.54. The summed E-state index contributed by atoms with van der Waals surface area (Å²) >= 11 is 0. The lowest BCUT2D eigenvalue weighted by Crippen LogP contribution is -2.27. The number of benzene rings is 2. The van der Waals surface area contributed by atoms with E-state index >= 15 is 0 Å². The molecule has 2 aromatic carbocycles. The van der Waals surface area contributed by atoms with Gasteiger partial charge in [0.25, 0.3) is 0 Å². The molecule has 0 spiro atoms. The summed E-state index contributed by atoms with van der Waals surface area (Å²) in [7, 11) is 0. The Balaban J connectivity index is 1.58. The molecule has 9 nitrogen and oxygen atoms in total. The van der Waals surface area contributed by atoms with Gasteiger partial charge in [-0.2, -0.15) is 5.10 Å². The second kappa shape index (κ2) is 8.75. The molecule has 0 radical (unpaired) electrons. The highest BCUT2D eigenvalue weighted by Crippen LogP contribution is 2.43. The molecule has 0 saturated carbocycles. The molecular weight excluding hydrogens is 436 g/mol. The molecule has 176 valence electrons. The number of nitrogens with zero attached hydrogens (tertiary/aromatic N) is 2. The molecule has 34 heavy (non-hydrogen) atoms. The topological polar surface area (TPSA) is 124 Å². The van der Waals surface area contributed by atoms with Crippen LogP contribution in [0.2, 0.25) is 0 Å². The van der Waals surface area contributed by atoms with Crippen LogP contribution in [0.4, 0.5) is 5.69 Å². The number of aryl methyl sites for hydroxylation is 2. The fourth-order valence-electron chi connectivity index (χ4n) is 4.25. The Hall–Kier alpha value is -3.98. The minimum atomic E-state index is -0.443. The van der Waals surface area contributed by atoms with Gasteiger partial charge in [-0.05, 0) is 51.1 Å². The van der Waals surface area contributed by atoms with Gasteiger partial charge in [0.15, 0.2) is 22.5 Å². The van der Waals surface area contributed by atoms with Crippen molar-refractivity contribution in [2.75, 3.05) is 31.1 Å². The largest absolute Gasteiger partial charge is 0.507 e. The molecule has 5 rings (SSSR count). The number of anilines is 1. The number of phenols is 2. The van der Waals surface area contributed by atoms with Gasteiger partial charge >= 0.3 is 0 Å². The molecule has 1 aliphatic rings. The lowest BCUT2D eigenvalue weighted by Gasteiger charge is -2.22. The summed E-state index contributed by atoms with van der Waals surface area (Å²) < 4.78 is 12.0. The zero-order valence-electron chi connectivity index (χ0n) is 19.0. The summed E-state index contributed by atoms with van der Waals surface area (Å²) in [5, 5.41) is 31.1. The third kappa shape index (κ3) is 3.94. The predicted molar refractivity (Wildman–Crippen MR) is 129 cm³/mol. The summed E-state index contributed by atoms with van der Waals surface area (Å²) in [6.45, 7) is 7.38. The fraction of sp³-hybridized carbons (Fsp3) is 0.280. The molecule has 0 bridgehead atoms. The van der Waals surface area contributed by atoms with Gasteiger partial charge in [-0.3, -0.25) is 9.89 Å². The number of hydrogen-bond donors (Lipinski definition) is 4. The number of aromatic nitrogens is 2. The first kappa shape index (κ1) is 21.8. The van der Waals surface area contributed by atoms with Crippen LogP contribution in [0, 0.1) is 13.8 Å². The van der Waals surface area contributed by atoms with E-state index in [1.54, 1.807) is 13.8 Å². The highest BCUT2D eigenvalue weighted by atomic mass is 16.5. The maximum atomic E-state index is 13.0. The van der Waals surface area contributed by atoms with Gasteiger partial charge in [0.05, 0.1) is 5.69 Å². The molecule has 0 aliphatic carbocycles. The molecule has 2 aromatic heterocycles. The Morgan fingerprint density at radius 3 is 2.56 bits per heavy atom. The van der Waals surface area contributed by atoms with Crippen molar-refractivity contribution in [2.45, 2.75) is 20.3 Å². The van der Waals surface area contributed by atoms with E-state index in [1.807, 2.05) is 24.3 Å². The highest BCUT2D eigenvalue weighted by molar-refractivity contribution is 5.92. The lowest BCUT2D eigenvalue weighted by atomic mass is 10.1. The number of nitrogens with one attached hydrogen (secondary N) is 2. The Morgan fingerprint density at radius 2 is 1.82 bits per heavy atom. The van der Waals surface area contributed by atoms with Crippen molar-refractivity contribution >= 4 is 16.7 Å². The van der Waals surface area contributed by atoms with Crippen molar-refractivity contribution in [3.63, 3.8) is 0 Å². The molecule has 4 N–H and O–H groups in total. The average Bonchev–Trinajstić information content (AvgIpc) is 3.00. The van der Waals surface area contributed by atoms with Crippen LogP contribution in [0.5, 0.6) is 23.0 Å². The number of aromatic amines is 1. The average molecular weight is 463 g/mol. The number of fused-ring (bicyclic) bond motifs is 1. The first-order chi connectivity index (χ1) is 16.4. The zero-order valence-corrected chi connectivity index (χ0v) is 19.0. The van der Waals surface area contributed by atoms with Crippen LogP contribution in [0.15, 0.2) is 45.6 Å². The second-order valence-corrected chi connectivity index (χ2v) is 8.43. The van der Waals surface area contributed by atoms with Gasteiger partial charge in [-0.25, -0.2) is 0 Å². The van der Waals surface area contributed by atoms with Gasteiger partial charge in [-0.1, -0.05) is 0 Å². The Bertz CT molecular complexity index is 1380. The van der Waals surface area contributed by atoms with E-state index in [4.69, 9.17) is 9.15 Å². The minimum absolute atomic E-state index is 0.0392. The molecule has 1 saturated heterocycles. The minimum Gasteiger partial charge on any atom is -0.507 e. The van der Waals surface area contributed by atoms with Crippen molar-refractivity contribution in [3.05, 3.63) is 58.0 Å². The number of rotatable bonds is 4. The molecule has 1 aliphatic heterocycles. The third-order valence-corrected chi connectivity index (χ3v) is 6.04. The number of aromatic hydroxyl groups is 2. The molecule has 3 heterocycles. The van der Waals surface area contributed by atoms with E-state index < -0.39 is 5.43 Å². The number of phenolic OH excluding ortho intramolecular Hbond substituents is 2. The van der Waals surface area contributed by atoms with Crippen LogP contribution >= 0.6 is 0 Å². The molecule has 0 atom stereocenters. The van der Waals surface area contributed by atoms with Gasteiger partial charge in [0, 0.05) is 43.0 Å². The Morgan fingerprint density at radius 1 is 1.03 bits per heavy atom. The molecule has 1 fully saturated rings. The first-order valence-electron chi connectivity index (χ1n) is 11.2. The smallest absolute Gasteiger partial charge is 0.212 e. The number of H-pyrrole nitrogens is 1. The number of hydrogen-bond acceptors (Lipinski definition) is 8. The van der Waals surface area contributed by atoms with E-state index in [-0.39, 0.29) is 28.2 Å². The van der Waals surface area contributed by atoms with E-state index in [0.717, 1.165) is 44.4 Å². The highest BCUT2D eigenvalue weighted by Gasteiger charge is 2.22. The summed E-state index contributed by atoms with van der Waals surface area (Å²) in [6.07, 6.45) is 1.08. The lowest BCUT2D eigenvalue weighted by molar-refractivity contribution is 0.399. The van der Waals surface area contributed by atoms with Crippen molar-refractivity contribution in [3.8, 4) is 34.3 Å². The Kier molecular flexibility index (Phi) is 5.62. The first-order valence-corrected chi connectivity index (χ1v) is 11.2. The number of ether oxygens (including phenoxy) is 1. The van der Waals surface area contributed by atoms with Crippen LogP contribution in [-0.4, -0.2) is 46.6 Å². The molecule has 4 aromatic rings. The monoisotopic (exact) mass is 462 g/mol. The van der Waals surface area contributed by atoms with Crippen LogP contribution in [0.1, 0.15) is 17.8 Å². The Labute approximate surface area is 195 Å². The van der Waals surface area contributed by atoms with Gasteiger partial charge in [0.1, 0.15) is 22.6 Å². The normalized spacial score (nSPS) is 14.4. The second-order valence-electron chi connectivity index (χ2n) is 8.43. The van der Waals surface area contributed by atoms with Crippen LogP contribution < -0.4 is 20.4 Å². The SMILES string of the molecule is Cc1n[nH]c(C)c1Oc1c(O)cc(O)c2c(=O)cc(-c3ccc(N4CCCNCC4)cc3)oc12. The molecule has 0 unspecified atom stereocenters. The van der Waals surface area contributed by atoms with Crippen LogP contribution in [-0.2, 0) is 0 Å². The van der Waals surface area contributed by atoms with Gasteiger partial charge < -0.3 is 29.6 Å². The van der Waals surface area contributed by atoms with Crippen LogP contribution in [0.25, 0.3) is 22.3 Å². The van der Waals surface area contributed by atoms with E-state index in [9.17, 15) is 15.0 Å². The molecular formula is C25H26N4O5. The van der Waals surface area contributed by atoms with Crippen molar-refractivity contribution in [1.29, 1.82) is 0 Å². The molecule has 0 amide bonds. The van der Waals surface area contributed by atoms with Crippen molar-refractivity contribution in [1.82, 2.24) is 15.5 Å². The fourth-order valence-corrected chi connectivity index (χ4v) is 4.25.